The molecule has 78 valence electrons. The molecule has 0 aliphatic heterocycles. The van der Waals surface area contributed by atoms with Gasteiger partial charge in [0.05, 0.1) is 17.7 Å². The van der Waals surface area contributed by atoms with Gasteiger partial charge in [0.1, 0.15) is 4.88 Å². The average molecular weight is 222 g/mol. The van der Waals surface area contributed by atoms with E-state index in [1.807, 2.05) is 29.8 Å². The zero-order valence-electron chi connectivity index (χ0n) is 8.17. The lowest BCUT2D eigenvalue weighted by atomic mass is 10.3. The largest absolute Gasteiger partial charge is 0.477 e. The third kappa shape index (κ3) is 1.92. The number of aromatic carboxylic acids is 1. The van der Waals surface area contributed by atoms with Crippen molar-refractivity contribution >= 4 is 17.3 Å². The highest BCUT2D eigenvalue weighted by atomic mass is 32.1. The Morgan fingerprint density at radius 1 is 1.67 bits per heavy atom. The van der Waals surface area contributed by atoms with Crippen LogP contribution < -0.4 is 0 Å². The number of nitrogens with zero attached hydrogens (tertiary/aromatic N) is 2. The number of carboxylic acids is 1. The predicted molar refractivity (Wildman–Crippen MR) is 57.3 cm³/mol. The van der Waals surface area contributed by atoms with E-state index in [1.54, 1.807) is 5.51 Å². The van der Waals surface area contributed by atoms with Crippen LogP contribution in [0.4, 0.5) is 0 Å². The van der Waals surface area contributed by atoms with Crippen molar-refractivity contribution in [2.75, 3.05) is 0 Å². The third-order valence-electron chi connectivity index (χ3n) is 2.21. The maximum Gasteiger partial charge on any atom is 0.347 e. The molecular weight excluding hydrogens is 212 g/mol. The van der Waals surface area contributed by atoms with E-state index in [0.717, 1.165) is 17.0 Å². The van der Waals surface area contributed by atoms with Crippen LogP contribution in [0.5, 0.6) is 0 Å². The molecule has 0 amide bonds. The average Bonchev–Trinajstić information content (AvgIpc) is 2.77. The van der Waals surface area contributed by atoms with Crippen LogP contribution in [-0.4, -0.2) is 20.6 Å². The molecule has 0 aliphatic carbocycles. The molecule has 2 aromatic rings. The number of rotatable bonds is 3. The molecule has 0 unspecified atom stereocenters. The van der Waals surface area contributed by atoms with E-state index in [-0.39, 0.29) is 0 Å². The van der Waals surface area contributed by atoms with Gasteiger partial charge in [-0.15, -0.1) is 11.3 Å². The Bertz CT molecular complexity index is 487. The minimum atomic E-state index is -0.905. The lowest BCUT2D eigenvalue weighted by Gasteiger charge is -2.04. The number of aromatic nitrogens is 2. The van der Waals surface area contributed by atoms with Crippen molar-refractivity contribution in [2.24, 2.45) is 0 Å². The number of hydrogen-bond acceptors (Lipinski definition) is 3. The van der Waals surface area contributed by atoms with Gasteiger partial charge in [0, 0.05) is 11.9 Å². The van der Waals surface area contributed by atoms with Crippen LogP contribution in [0.15, 0.2) is 23.8 Å². The van der Waals surface area contributed by atoms with E-state index >= 15 is 0 Å². The van der Waals surface area contributed by atoms with E-state index in [9.17, 15) is 4.79 Å². The van der Waals surface area contributed by atoms with Crippen LogP contribution in [0.3, 0.4) is 0 Å². The molecule has 2 heterocycles. The lowest BCUT2D eigenvalue weighted by Crippen LogP contribution is -2.05. The van der Waals surface area contributed by atoms with Crippen molar-refractivity contribution in [1.82, 2.24) is 9.55 Å². The second-order valence-electron chi connectivity index (χ2n) is 3.21. The second kappa shape index (κ2) is 3.86. The first-order chi connectivity index (χ1) is 7.18. The topological polar surface area (TPSA) is 55.1 Å². The van der Waals surface area contributed by atoms with Gasteiger partial charge >= 0.3 is 5.97 Å². The summed E-state index contributed by atoms with van der Waals surface area (Å²) < 4.78 is 1.97. The maximum atomic E-state index is 10.9. The van der Waals surface area contributed by atoms with Gasteiger partial charge in [0.25, 0.3) is 0 Å². The molecule has 1 N–H and O–H groups in total. The first-order valence-electron chi connectivity index (χ1n) is 4.46. The first kappa shape index (κ1) is 9.92. The van der Waals surface area contributed by atoms with Crippen LogP contribution >= 0.6 is 11.3 Å². The molecule has 0 spiro atoms. The molecule has 2 rings (SSSR count). The lowest BCUT2D eigenvalue weighted by molar-refractivity contribution is 0.0700. The highest BCUT2D eigenvalue weighted by molar-refractivity contribution is 7.11. The van der Waals surface area contributed by atoms with E-state index < -0.39 is 5.97 Å². The quantitative estimate of drug-likeness (QED) is 0.864. The van der Waals surface area contributed by atoms with Crippen LogP contribution in [0.2, 0.25) is 0 Å². The Morgan fingerprint density at radius 3 is 3.07 bits per heavy atom. The molecule has 5 heteroatoms. The highest BCUT2D eigenvalue weighted by Gasteiger charge is 2.13. The standard InChI is InChI=1S/C10H10N2O2S/c1-7-3-2-4-12(7)5-8-9(10(13)14)15-6-11-8/h2-4,6H,5H2,1H3,(H,13,14). The SMILES string of the molecule is Cc1cccn1Cc1ncsc1C(=O)O. The Labute approximate surface area is 90.8 Å². The Morgan fingerprint density at radius 2 is 2.47 bits per heavy atom. The number of carboxylic acid groups (broad SMARTS) is 1. The van der Waals surface area contributed by atoms with Crippen molar-refractivity contribution < 1.29 is 9.90 Å². The van der Waals surface area contributed by atoms with Crippen molar-refractivity contribution in [3.8, 4) is 0 Å². The van der Waals surface area contributed by atoms with Gasteiger partial charge < -0.3 is 9.67 Å². The second-order valence-corrected chi connectivity index (χ2v) is 4.07. The minimum absolute atomic E-state index is 0.322. The molecular formula is C10H10N2O2S. The Kier molecular flexibility index (Phi) is 2.55. The molecule has 0 aromatic carbocycles. The Hall–Kier alpha value is -1.62. The van der Waals surface area contributed by atoms with Gasteiger partial charge in [-0.2, -0.15) is 0 Å². The molecule has 2 aromatic heterocycles. The van der Waals surface area contributed by atoms with Gasteiger partial charge in [-0.3, -0.25) is 0 Å². The van der Waals surface area contributed by atoms with Gasteiger partial charge in [-0.1, -0.05) is 0 Å². The van der Waals surface area contributed by atoms with E-state index in [2.05, 4.69) is 4.98 Å². The molecule has 0 fully saturated rings. The van der Waals surface area contributed by atoms with Crippen LogP contribution in [0.25, 0.3) is 0 Å². The van der Waals surface area contributed by atoms with Crippen molar-refractivity contribution in [2.45, 2.75) is 13.5 Å². The van der Waals surface area contributed by atoms with Gasteiger partial charge in [-0.25, -0.2) is 9.78 Å². The summed E-state index contributed by atoms with van der Waals surface area (Å²) in [7, 11) is 0. The number of carbonyl (C=O) groups is 1. The van der Waals surface area contributed by atoms with Crippen molar-refractivity contribution in [1.29, 1.82) is 0 Å². The van der Waals surface area contributed by atoms with Gasteiger partial charge in [0.15, 0.2) is 0 Å². The fourth-order valence-electron chi connectivity index (χ4n) is 1.39. The Balaban J connectivity index is 2.28. The van der Waals surface area contributed by atoms with Crippen LogP contribution in [0, 0.1) is 6.92 Å². The number of thiazole rings is 1. The third-order valence-corrected chi connectivity index (χ3v) is 3.07. The molecule has 0 saturated carbocycles. The maximum absolute atomic E-state index is 10.9. The normalized spacial score (nSPS) is 10.5. The molecule has 0 aliphatic rings. The summed E-state index contributed by atoms with van der Waals surface area (Å²) in [5.74, 6) is -0.905. The fraction of sp³-hybridized carbons (Fsp3) is 0.200. The molecule has 0 bridgehead atoms. The highest BCUT2D eigenvalue weighted by Crippen LogP contribution is 2.15. The van der Waals surface area contributed by atoms with Gasteiger partial charge in [-0.05, 0) is 19.1 Å². The van der Waals surface area contributed by atoms with Crippen molar-refractivity contribution in [3.63, 3.8) is 0 Å². The zero-order chi connectivity index (χ0) is 10.8. The zero-order valence-corrected chi connectivity index (χ0v) is 8.99. The minimum Gasteiger partial charge on any atom is -0.477 e. The summed E-state index contributed by atoms with van der Waals surface area (Å²) >= 11 is 1.16. The summed E-state index contributed by atoms with van der Waals surface area (Å²) in [5, 5.41) is 8.91. The summed E-state index contributed by atoms with van der Waals surface area (Å²) in [6.07, 6.45) is 1.92. The number of hydrogen-bond donors (Lipinski definition) is 1. The summed E-state index contributed by atoms with van der Waals surface area (Å²) in [4.78, 5) is 15.3. The molecule has 15 heavy (non-hydrogen) atoms. The molecule has 0 saturated heterocycles. The van der Waals surface area contributed by atoms with Gasteiger partial charge in [0.2, 0.25) is 0 Å². The first-order valence-corrected chi connectivity index (χ1v) is 5.34. The molecule has 4 nitrogen and oxygen atoms in total. The summed E-state index contributed by atoms with van der Waals surface area (Å²) in [5.41, 5.74) is 3.28. The van der Waals surface area contributed by atoms with E-state index in [1.165, 1.54) is 0 Å². The van der Waals surface area contributed by atoms with Crippen LogP contribution in [-0.2, 0) is 6.54 Å². The smallest absolute Gasteiger partial charge is 0.347 e. The van der Waals surface area contributed by atoms with E-state index in [0.29, 0.717) is 17.1 Å². The number of aryl methyl sites for hydroxylation is 1. The summed E-state index contributed by atoms with van der Waals surface area (Å²) in [6, 6.07) is 3.91. The molecule has 0 atom stereocenters. The predicted octanol–water partition coefficient (Wildman–Crippen LogP) is 2.00. The molecule has 0 radical (unpaired) electrons. The van der Waals surface area contributed by atoms with E-state index in [4.69, 9.17) is 5.11 Å². The van der Waals surface area contributed by atoms with Crippen LogP contribution in [0.1, 0.15) is 21.1 Å². The fourth-order valence-corrected chi connectivity index (χ4v) is 2.03. The summed E-state index contributed by atoms with van der Waals surface area (Å²) in [6.45, 7) is 2.50. The van der Waals surface area contributed by atoms with Crippen molar-refractivity contribution in [3.05, 3.63) is 40.1 Å². The monoisotopic (exact) mass is 222 g/mol.